The molecule has 2 aliphatic rings. The van der Waals surface area contributed by atoms with Gasteiger partial charge in [0.1, 0.15) is 0 Å². The molecule has 1 nitrogen and oxygen atoms in total. The van der Waals surface area contributed by atoms with Gasteiger partial charge in [-0.15, -0.1) is 18.6 Å². The minimum atomic E-state index is 0. The van der Waals surface area contributed by atoms with Crippen LogP contribution in [0.1, 0.15) is 5.56 Å². The van der Waals surface area contributed by atoms with Crippen molar-refractivity contribution in [1.29, 1.82) is 0 Å². The molecule has 0 heterocycles. The number of allylic oxidation sites excluding steroid dienone is 8. The van der Waals surface area contributed by atoms with E-state index in [1.807, 2.05) is 86.1 Å². The SMILES string of the molecule is [CH]1[CH][CH-]C=C1.[Fe+2].[O-]C(/C=C/c1ccc(Br)cc1)=C1C=CC=C1. The molecule has 1 aromatic rings. The zero-order valence-corrected chi connectivity index (χ0v) is 14.5. The monoisotopic (exact) mass is 394 g/mol. The van der Waals surface area contributed by atoms with E-state index in [1.54, 1.807) is 6.08 Å². The zero-order valence-electron chi connectivity index (χ0n) is 11.8. The van der Waals surface area contributed by atoms with Crippen LogP contribution in [0.5, 0.6) is 0 Å². The topological polar surface area (TPSA) is 23.1 Å². The van der Waals surface area contributed by atoms with Gasteiger partial charge < -0.3 is 5.11 Å². The van der Waals surface area contributed by atoms with Gasteiger partial charge in [-0.25, -0.2) is 18.6 Å². The van der Waals surface area contributed by atoms with Crippen LogP contribution in [0, 0.1) is 19.3 Å². The van der Waals surface area contributed by atoms with Gasteiger partial charge >= 0.3 is 17.1 Å². The van der Waals surface area contributed by atoms with E-state index in [-0.39, 0.29) is 22.8 Å². The van der Waals surface area contributed by atoms with E-state index in [1.165, 1.54) is 0 Å². The molecule has 0 amide bonds. The first-order valence-corrected chi connectivity index (χ1v) is 7.41. The van der Waals surface area contributed by atoms with Crippen LogP contribution < -0.4 is 5.11 Å². The van der Waals surface area contributed by atoms with Crippen molar-refractivity contribution in [1.82, 2.24) is 0 Å². The van der Waals surface area contributed by atoms with Crippen molar-refractivity contribution < 1.29 is 22.2 Å². The van der Waals surface area contributed by atoms with Gasteiger partial charge in [-0.05, 0) is 23.3 Å². The molecule has 112 valence electrons. The van der Waals surface area contributed by atoms with Gasteiger partial charge in [0, 0.05) is 4.47 Å². The molecule has 3 rings (SSSR count). The minimum absolute atomic E-state index is 0. The fourth-order valence-electron chi connectivity index (χ4n) is 1.70. The molecule has 0 N–H and O–H groups in total. The normalized spacial score (nSPS) is 14.5. The Morgan fingerprint density at radius 1 is 1.05 bits per heavy atom. The Hall–Kier alpha value is -1.41. The van der Waals surface area contributed by atoms with E-state index in [4.69, 9.17) is 0 Å². The third-order valence-electron chi connectivity index (χ3n) is 2.80. The van der Waals surface area contributed by atoms with Gasteiger partial charge in [0.25, 0.3) is 0 Å². The van der Waals surface area contributed by atoms with Crippen molar-refractivity contribution in [3.05, 3.63) is 107 Å². The first kappa shape index (κ1) is 18.6. The molecule has 0 bridgehead atoms. The Bertz CT molecular complexity index is 587. The number of hydrogen-bond donors (Lipinski definition) is 0. The van der Waals surface area contributed by atoms with E-state index in [0.29, 0.717) is 0 Å². The average Bonchev–Trinajstić information content (AvgIpc) is 3.21. The standard InChI is InChI=1S/C14H11BrO.C5H5.Fe/c15-13-8-5-11(6-9-13)7-10-14(16)12-3-1-2-4-12;1-2-4-5-3-1;/h1-10,16H;1-5H;/q;-1;+2/p-1/b10-7+;;. The van der Waals surface area contributed by atoms with Crippen LogP contribution in [-0.2, 0) is 17.1 Å². The fourth-order valence-corrected chi connectivity index (χ4v) is 1.97. The van der Waals surface area contributed by atoms with Gasteiger partial charge in [0.05, 0.1) is 0 Å². The smallest absolute Gasteiger partial charge is 0.872 e. The van der Waals surface area contributed by atoms with Crippen LogP contribution in [0.25, 0.3) is 6.08 Å². The summed E-state index contributed by atoms with van der Waals surface area (Å²) in [4.78, 5) is 0. The van der Waals surface area contributed by atoms with E-state index in [0.717, 1.165) is 15.6 Å². The van der Waals surface area contributed by atoms with E-state index in [2.05, 4.69) is 15.9 Å². The molecule has 0 fully saturated rings. The largest absolute Gasteiger partial charge is 2.00 e. The summed E-state index contributed by atoms with van der Waals surface area (Å²) in [7, 11) is 0. The van der Waals surface area contributed by atoms with Crippen molar-refractivity contribution in [3.8, 4) is 0 Å². The molecule has 0 atom stereocenters. The Kier molecular flexibility index (Phi) is 8.76. The zero-order chi connectivity index (χ0) is 14.9. The van der Waals surface area contributed by atoms with Crippen molar-refractivity contribution in [2.45, 2.75) is 0 Å². The van der Waals surface area contributed by atoms with Gasteiger partial charge in [0.15, 0.2) is 0 Å². The summed E-state index contributed by atoms with van der Waals surface area (Å²) < 4.78 is 1.03. The average molecular weight is 395 g/mol. The Morgan fingerprint density at radius 3 is 2.23 bits per heavy atom. The Morgan fingerprint density at radius 2 is 1.73 bits per heavy atom. The van der Waals surface area contributed by atoms with Crippen molar-refractivity contribution in [2.24, 2.45) is 0 Å². The molecule has 0 spiro atoms. The minimum Gasteiger partial charge on any atom is -0.872 e. The molecule has 22 heavy (non-hydrogen) atoms. The second-order valence-electron chi connectivity index (χ2n) is 4.38. The first-order chi connectivity index (χ1) is 10.3. The molecule has 2 radical (unpaired) electrons. The molecule has 1 aromatic carbocycles. The van der Waals surface area contributed by atoms with E-state index < -0.39 is 0 Å². The molecule has 0 unspecified atom stereocenters. The summed E-state index contributed by atoms with van der Waals surface area (Å²) in [5, 5.41) is 11.6. The quantitative estimate of drug-likeness (QED) is 0.415. The van der Waals surface area contributed by atoms with Crippen LogP contribution in [0.3, 0.4) is 0 Å². The molecular weight excluding hydrogens is 380 g/mol. The molecule has 0 saturated carbocycles. The second-order valence-corrected chi connectivity index (χ2v) is 5.30. The molecule has 0 saturated heterocycles. The maximum atomic E-state index is 11.6. The van der Waals surface area contributed by atoms with Crippen LogP contribution in [0.2, 0.25) is 0 Å². The van der Waals surface area contributed by atoms with E-state index in [9.17, 15) is 5.11 Å². The first-order valence-electron chi connectivity index (χ1n) is 6.62. The molecule has 0 aliphatic heterocycles. The predicted molar refractivity (Wildman–Crippen MR) is 90.5 cm³/mol. The number of halogens is 1. The number of rotatable bonds is 2. The molecule has 2 aliphatic carbocycles. The fraction of sp³-hybridized carbons (Fsp3) is 0. The summed E-state index contributed by atoms with van der Waals surface area (Å²) in [6.45, 7) is 0. The summed E-state index contributed by atoms with van der Waals surface area (Å²) in [6.07, 6.45) is 20.8. The maximum Gasteiger partial charge on any atom is 2.00 e. The summed E-state index contributed by atoms with van der Waals surface area (Å²) >= 11 is 3.37. The predicted octanol–water partition coefficient (Wildman–Crippen LogP) is 4.37. The van der Waals surface area contributed by atoms with E-state index >= 15 is 0 Å². The summed E-state index contributed by atoms with van der Waals surface area (Å²) in [5.41, 5.74) is 1.75. The van der Waals surface area contributed by atoms with Crippen LogP contribution in [0.15, 0.2) is 82.6 Å². The Labute approximate surface area is 151 Å². The van der Waals surface area contributed by atoms with Crippen molar-refractivity contribution in [3.63, 3.8) is 0 Å². The molecule has 3 heteroatoms. The maximum absolute atomic E-state index is 11.6. The van der Waals surface area contributed by atoms with Crippen LogP contribution in [0.4, 0.5) is 0 Å². The van der Waals surface area contributed by atoms with Crippen molar-refractivity contribution in [2.75, 3.05) is 0 Å². The van der Waals surface area contributed by atoms with Gasteiger partial charge in [0.2, 0.25) is 0 Å². The van der Waals surface area contributed by atoms with Crippen LogP contribution >= 0.6 is 15.9 Å². The second kappa shape index (κ2) is 10.3. The Balaban J connectivity index is 0.000000344. The summed E-state index contributed by atoms with van der Waals surface area (Å²) in [5.74, 6) is 0.0351. The van der Waals surface area contributed by atoms with Crippen LogP contribution in [-0.4, -0.2) is 0 Å². The number of benzene rings is 1. The molecular formula is C19H15BrFeO. The number of hydrogen-bond acceptors (Lipinski definition) is 1. The summed E-state index contributed by atoms with van der Waals surface area (Å²) in [6, 6.07) is 7.82. The van der Waals surface area contributed by atoms with Gasteiger partial charge in [-0.1, -0.05) is 64.5 Å². The third-order valence-corrected chi connectivity index (χ3v) is 3.33. The van der Waals surface area contributed by atoms with Crippen molar-refractivity contribution >= 4 is 22.0 Å². The third kappa shape index (κ3) is 6.57. The molecule has 0 aromatic heterocycles. The van der Waals surface area contributed by atoms with Gasteiger partial charge in [-0.3, -0.25) is 0 Å². The van der Waals surface area contributed by atoms with Gasteiger partial charge in [-0.2, -0.15) is 0 Å².